The van der Waals surface area contributed by atoms with Crippen molar-refractivity contribution in [2.75, 3.05) is 0 Å². The van der Waals surface area contributed by atoms with Gasteiger partial charge in [-0.15, -0.1) is 0 Å². The second-order valence-electron chi connectivity index (χ2n) is 3.32. The summed E-state index contributed by atoms with van der Waals surface area (Å²) in [5.41, 5.74) is 0.294. The molecule has 1 aromatic heterocycles. The fourth-order valence-electron chi connectivity index (χ4n) is 1.37. The summed E-state index contributed by atoms with van der Waals surface area (Å²) in [5, 5.41) is 9.91. The number of aromatic nitrogens is 1. The molecule has 2 aromatic rings. The van der Waals surface area contributed by atoms with Gasteiger partial charge in [0.15, 0.2) is 0 Å². The minimum Gasteiger partial charge on any atom is -0.507 e. The normalized spacial score (nSPS) is 10.2. The van der Waals surface area contributed by atoms with Crippen LogP contribution in [0.5, 0.6) is 5.75 Å². The zero-order valence-electron chi connectivity index (χ0n) is 8.52. The van der Waals surface area contributed by atoms with Gasteiger partial charge in [0, 0.05) is 10.7 Å². The van der Waals surface area contributed by atoms with Gasteiger partial charge in [0.2, 0.25) is 5.78 Å². The van der Waals surface area contributed by atoms with E-state index in [2.05, 4.69) is 20.9 Å². The summed E-state index contributed by atoms with van der Waals surface area (Å²) in [6.45, 7) is 0. The van der Waals surface area contributed by atoms with Crippen molar-refractivity contribution in [2.45, 2.75) is 0 Å². The number of phenolic OH excluding ortho intramolecular Hbond substituents is 1. The molecule has 0 amide bonds. The van der Waals surface area contributed by atoms with E-state index >= 15 is 0 Å². The third kappa shape index (κ3) is 2.48. The highest BCUT2D eigenvalue weighted by Gasteiger charge is 2.17. The Hall–Kier alpha value is -1.39. The van der Waals surface area contributed by atoms with Crippen molar-refractivity contribution in [3.05, 3.63) is 57.3 Å². The minimum absolute atomic E-state index is 0.0973. The lowest BCUT2D eigenvalue weighted by atomic mass is 10.1. The van der Waals surface area contributed by atoms with Gasteiger partial charge in [-0.05, 0) is 30.3 Å². The van der Waals surface area contributed by atoms with Gasteiger partial charge < -0.3 is 5.11 Å². The molecular formula is C12H7BrClNO2. The Balaban J connectivity index is 2.51. The van der Waals surface area contributed by atoms with Crippen molar-refractivity contribution >= 4 is 33.3 Å². The molecule has 1 aromatic carbocycles. The Bertz CT molecular complexity index is 586. The average molecular weight is 313 g/mol. The predicted molar refractivity (Wildman–Crippen MR) is 68.5 cm³/mol. The Morgan fingerprint density at radius 2 is 2.12 bits per heavy atom. The van der Waals surface area contributed by atoms with Crippen LogP contribution >= 0.6 is 27.5 Å². The van der Waals surface area contributed by atoms with Crippen molar-refractivity contribution in [1.29, 1.82) is 0 Å². The molecule has 0 aliphatic rings. The highest BCUT2D eigenvalue weighted by atomic mass is 79.9. The topological polar surface area (TPSA) is 50.2 Å². The fourth-order valence-corrected chi connectivity index (χ4v) is 1.94. The van der Waals surface area contributed by atoms with Crippen molar-refractivity contribution in [3.8, 4) is 5.75 Å². The number of carbonyl (C=O) groups is 1. The van der Waals surface area contributed by atoms with Gasteiger partial charge in [-0.3, -0.25) is 9.78 Å². The van der Waals surface area contributed by atoms with Crippen LogP contribution in [-0.2, 0) is 0 Å². The van der Waals surface area contributed by atoms with Crippen molar-refractivity contribution < 1.29 is 9.90 Å². The van der Waals surface area contributed by atoms with Gasteiger partial charge in [-0.1, -0.05) is 27.5 Å². The van der Waals surface area contributed by atoms with Crippen LogP contribution < -0.4 is 0 Å². The van der Waals surface area contributed by atoms with Crippen LogP contribution in [0.3, 0.4) is 0 Å². The number of hydrogen-bond donors (Lipinski definition) is 1. The van der Waals surface area contributed by atoms with Crippen LogP contribution in [0.4, 0.5) is 0 Å². The van der Waals surface area contributed by atoms with Gasteiger partial charge in [0.05, 0.1) is 10.6 Å². The lowest BCUT2D eigenvalue weighted by Gasteiger charge is -2.05. The summed E-state index contributed by atoms with van der Waals surface area (Å²) in [6.07, 6.45) is 1.48. The number of pyridine rings is 1. The van der Waals surface area contributed by atoms with Crippen LogP contribution in [0.25, 0.3) is 0 Å². The number of hydrogen-bond acceptors (Lipinski definition) is 3. The second-order valence-corrected chi connectivity index (χ2v) is 4.65. The number of carbonyl (C=O) groups excluding carboxylic acids is 1. The van der Waals surface area contributed by atoms with E-state index in [1.807, 2.05) is 0 Å². The largest absolute Gasteiger partial charge is 0.507 e. The third-order valence-electron chi connectivity index (χ3n) is 2.18. The molecule has 0 radical (unpaired) electrons. The van der Waals surface area contributed by atoms with E-state index in [0.29, 0.717) is 4.47 Å². The lowest BCUT2D eigenvalue weighted by Crippen LogP contribution is -2.05. The van der Waals surface area contributed by atoms with Gasteiger partial charge in [0.25, 0.3) is 0 Å². The number of aromatic hydroxyl groups is 1. The highest BCUT2D eigenvalue weighted by Crippen LogP contribution is 2.26. The lowest BCUT2D eigenvalue weighted by molar-refractivity contribution is 0.103. The molecule has 1 heterocycles. The quantitative estimate of drug-likeness (QED) is 0.864. The van der Waals surface area contributed by atoms with Gasteiger partial charge in [0.1, 0.15) is 11.4 Å². The Labute approximate surface area is 111 Å². The number of ketones is 1. The third-order valence-corrected chi connectivity index (χ3v) is 2.98. The van der Waals surface area contributed by atoms with Crippen LogP contribution in [0.1, 0.15) is 16.1 Å². The predicted octanol–water partition coefficient (Wildman–Crippen LogP) is 3.43. The average Bonchev–Trinajstić information content (AvgIpc) is 2.32. The van der Waals surface area contributed by atoms with Crippen LogP contribution in [0.15, 0.2) is 41.0 Å². The van der Waals surface area contributed by atoms with E-state index in [1.165, 1.54) is 18.3 Å². The molecule has 17 heavy (non-hydrogen) atoms. The molecule has 0 aliphatic carbocycles. The number of halogens is 2. The standard InChI is InChI=1S/C12H7BrClNO2/c13-7-3-4-10(16)8(6-7)12(17)11-9(14)2-1-5-15-11/h1-6,16H. The minimum atomic E-state index is -0.408. The summed E-state index contributed by atoms with van der Waals surface area (Å²) in [6, 6.07) is 7.83. The first-order valence-electron chi connectivity index (χ1n) is 4.73. The SMILES string of the molecule is O=C(c1cc(Br)ccc1O)c1ncccc1Cl. The van der Waals surface area contributed by atoms with Crippen LogP contribution in [-0.4, -0.2) is 15.9 Å². The molecule has 1 N–H and O–H groups in total. The van der Waals surface area contributed by atoms with Gasteiger partial charge in [-0.25, -0.2) is 0 Å². The molecule has 2 rings (SSSR count). The Morgan fingerprint density at radius 1 is 1.35 bits per heavy atom. The van der Waals surface area contributed by atoms with Crippen molar-refractivity contribution in [3.63, 3.8) is 0 Å². The number of phenols is 1. The smallest absolute Gasteiger partial charge is 0.216 e. The molecular weight excluding hydrogens is 305 g/mol. The van der Waals surface area contributed by atoms with Gasteiger partial charge in [-0.2, -0.15) is 0 Å². The first kappa shape index (κ1) is 12.1. The molecule has 0 aliphatic heterocycles. The monoisotopic (exact) mass is 311 g/mol. The van der Waals surface area contributed by atoms with E-state index in [4.69, 9.17) is 11.6 Å². The zero-order valence-corrected chi connectivity index (χ0v) is 10.9. The number of rotatable bonds is 2. The molecule has 0 unspecified atom stereocenters. The van der Waals surface area contributed by atoms with Crippen molar-refractivity contribution in [2.24, 2.45) is 0 Å². The summed E-state index contributed by atoms with van der Waals surface area (Å²) in [7, 11) is 0. The molecule has 0 atom stereocenters. The van der Waals surface area contributed by atoms with E-state index in [-0.39, 0.29) is 22.0 Å². The maximum absolute atomic E-state index is 12.1. The summed E-state index contributed by atoms with van der Waals surface area (Å²) >= 11 is 9.12. The molecule has 5 heteroatoms. The summed E-state index contributed by atoms with van der Waals surface area (Å²) < 4.78 is 0.700. The van der Waals surface area contributed by atoms with E-state index in [0.717, 1.165) is 0 Å². The molecule has 0 spiro atoms. The van der Waals surface area contributed by atoms with Crippen molar-refractivity contribution in [1.82, 2.24) is 4.98 Å². The Kier molecular flexibility index (Phi) is 3.45. The molecule has 3 nitrogen and oxygen atoms in total. The molecule has 86 valence electrons. The second kappa shape index (κ2) is 4.85. The van der Waals surface area contributed by atoms with E-state index in [1.54, 1.807) is 18.2 Å². The molecule has 0 saturated carbocycles. The number of benzene rings is 1. The molecule has 0 fully saturated rings. The Morgan fingerprint density at radius 3 is 2.82 bits per heavy atom. The zero-order chi connectivity index (χ0) is 12.4. The highest BCUT2D eigenvalue weighted by molar-refractivity contribution is 9.10. The maximum Gasteiger partial charge on any atom is 0.216 e. The first-order chi connectivity index (χ1) is 8.09. The van der Waals surface area contributed by atoms with Gasteiger partial charge >= 0.3 is 0 Å². The van der Waals surface area contributed by atoms with E-state index < -0.39 is 5.78 Å². The summed E-state index contributed by atoms with van der Waals surface area (Å²) in [5.74, 6) is -0.505. The van der Waals surface area contributed by atoms with E-state index in [9.17, 15) is 9.90 Å². The first-order valence-corrected chi connectivity index (χ1v) is 5.90. The summed E-state index contributed by atoms with van der Waals surface area (Å²) in [4.78, 5) is 16.0. The maximum atomic E-state index is 12.1. The van der Waals surface area contributed by atoms with Crippen LogP contribution in [0.2, 0.25) is 5.02 Å². The fraction of sp³-hybridized carbons (Fsp3) is 0. The molecule has 0 saturated heterocycles. The van der Waals surface area contributed by atoms with Crippen LogP contribution in [0, 0.1) is 0 Å². The molecule has 0 bridgehead atoms. The number of nitrogens with zero attached hydrogens (tertiary/aromatic N) is 1.